The average molecular weight is 314 g/mol. The Balaban J connectivity index is 2.65. The Morgan fingerprint density at radius 3 is 2.42 bits per heavy atom. The van der Waals surface area contributed by atoms with Crippen LogP contribution in [0, 0.1) is 0 Å². The average Bonchev–Trinajstić information content (AvgIpc) is 2.28. The maximum atomic E-state index is 12.2. The van der Waals surface area contributed by atoms with Crippen molar-refractivity contribution in [1.82, 2.24) is 4.72 Å². The molecular weight excluding hydrogens is 292 g/mol. The number of hydrogen-bond donors (Lipinski definition) is 2. The largest absolute Gasteiger partial charge is 0.383 e. The Labute approximate surface area is 114 Å². The Morgan fingerprint density at radius 1 is 1.37 bits per heavy atom. The normalized spacial score (nSPS) is 22.2. The van der Waals surface area contributed by atoms with Crippen molar-refractivity contribution in [3.05, 3.63) is 0 Å². The third-order valence-electron chi connectivity index (χ3n) is 3.15. The molecule has 1 heterocycles. The second-order valence-electron chi connectivity index (χ2n) is 4.74. The van der Waals surface area contributed by atoms with Crippen molar-refractivity contribution in [1.29, 1.82) is 0 Å². The predicted molar refractivity (Wildman–Crippen MR) is 73.1 cm³/mol. The summed E-state index contributed by atoms with van der Waals surface area (Å²) in [5.74, 6) is -0.130. The van der Waals surface area contributed by atoms with Gasteiger partial charge in [-0.2, -0.15) is 0 Å². The summed E-state index contributed by atoms with van der Waals surface area (Å²) in [4.78, 5) is 0. The van der Waals surface area contributed by atoms with Crippen LogP contribution in [0.25, 0.3) is 0 Å². The topological polar surface area (TPSA) is 116 Å². The molecule has 0 aromatic heterocycles. The number of nitrogens with one attached hydrogen (secondary N) is 1. The van der Waals surface area contributed by atoms with Gasteiger partial charge in [0.25, 0.3) is 0 Å². The van der Waals surface area contributed by atoms with Crippen molar-refractivity contribution in [2.75, 3.05) is 31.8 Å². The molecule has 0 amide bonds. The second kappa shape index (κ2) is 6.98. The van der Waals surface area contributed by atoms with Crippen LogP contribution in [0.2, 0.25) is 0 Å². The summed E-state index contributed by atoms with van der Waals surface area (Å²) in [6.07, 6.45) is 0.790. The van der Waals surface area contributed by atoms with E-state index in [0.717, 1.165) is 0 Å². The van der Waals surface area contributed by atoms with Crippen molar-refractivity contribution in [3.8, 4) is 0 Å². The summed E-state index contributed by atoms with van der Waals surface area (Å²) < 4.78 is 54.4. The lowest BCUT2D eigenvalue weighted by Crippen LogP contribution is -2.46. The third kappa shape index (κ3) is 5.35. The maximum Gasteiger partial charge on any atom is 0.214 e. The van der Waals surface area contributed by atoms with Crippen LogP contribution in [0.15, 0.2) is 0 Å². The molecule has 1 rings (SSSR count). The number of ether oxygens (including phenoxy) is 1. The van der Waals surface area contributed by atoms with Gasteiger partial charge in [-0.05, 0) is 25.8 Å². The molecule has 0 saturated carbocycles. The Kier molecular flexibility index (Phi) is 6.18. The first-order valence-electron chi connectivity index (χ1n) is 6.21. The highest BCUT2D eigenvalue weighted by atomic mass is 32.2. The van der Waals surface area contributed by atoms with Gasteiger partial charge in [-0.25, -0.2) is 21.6 Å². The SMILES string of the molecule is COCC(CCN)NS(=O)(=O)C1CCS(=O)(=O)CC1. The quantitative estimate of drug-likeness (QED) is 0.613. The summed E-state index contributed by atoms with van der Waals surface area (Å²) in [7, 11) is -5.10. The van der Waals surface area contributed by atoms with Crippen molar-refractivity contribution < 1.29 is 21.6 Å². The van der Waals surface area contributed by atoms with Crippen molar-refractivity contribution in [2.45, 2.75) is 30.6 Å². The molecule has 7 nitrogen and oxygen atoms in total. The second-order valence-corrected chi connectivity index (χ2v) is 9.04. The molecule has 1 atom stereocenters. The first-order chi connectivity index (χ1) is 8.80. The van der Waals surface area contributed by atoms with Gasteiger partial charge in [0.1, 0.15) is 9.84 Å². The van der Waals surface area contributed by atoms with Crippen molar-refractivity contribution in [2.24, 2.45) is 5.73 Å². The molecular formula is C10H22N2O5S2. The number of sulfonamides is 1. The minimum atomic E-state index is -3.53. The van der Waals surface area contributed by atoms with Gasteiger partial charge in [-0.15, -0.1) is 0 Å². The van der Waals surface area contributed by atoms with Gasteiger partial charge in [-0.3, -0.25) is 0 Å². The van der Waals surface area contributed by atoms with Gasteiger partial charge >= 0.3 is 0 Å². The zero-order valence-corrected chi connectivity index (χ0v) is 12.7. The molecule has 0 radical (unpaired) electrons. The van der Waals surface area contributed by atoms with Gasteiger partial charge in [0.05, 0.1) is 23.4 Å². The van der Waals surface area contributed by atoms with E-state index in [0.29, 0.717) is 13.0 Å². The zero-order valence-electron chi connectivity index (χ0n) is 11.0. The number of sulfone groups is 1. The van der Waals surface area contributed by atoms with E-state index >= 15 is 0 Å². The smallest absolute Gasteiger partial charge is 0.214 e. The summed E-state index contributed by atoms with van der Waals surface area (Å²) in [5, 5.41) is -0.645. The van der Waals surface area contributed by atoms with Gasteiger partial charge in [0.2, 0.25) is 10.0 Å². The molecule has 19 heavy (non-hydrogen) atoms. The van der Waals surface area contributed by atoms with Crippen LogP contribution in [-0.2, 0) is 24.6 Å². The molecule has 0 bridgehead atoms. The minimum Gasteiger partial charge on any atom is -0.383 e. The highest BCUT2D eigenvalue weighted by Crippen LogP contribution is 2.19. The molecule has 1 fully saturated rings. The summed E-state index contributed by atoms with van der Waals surface area (Å²) in [5.41, 5.74) is 5.42. The van der Waals surface area contributed by atoms with E-state index in [9.17, 15) is 16.8 Å². The summed E-state index contributed by atoms with van der Waals surface area (Å²) in [6, 6.07) is -0.362. The molecule has 1 aliphatic heterocycles. The van der Waals surface area contributed by atoms with E-state index in [1.165, 1.54) is 7.11 Å². The molecule has 0 aliphatic carbocycles. The van der Waals surface area contributed by atoms with Crippen LogP contribution in [0.5, 0.6) is 0 Å². The first-order valence-corrected chi connectivity index (χ1v) is 9.58. The molecule has 1 aliphatic rings. The van der Waals surface area contributed by atoms with Crippen LogP contribution in [0.1, 0.15) is 19.3 Å². The monoisotopic (exact) mass is 314 g/mol. The lowest BCUT2D eigenvalue weighted by Gasteiger charge is -2.25. The van der Waals surface area contributed by atoms with E-state index in [2.05, 4.69) is 4.72 Å². The summed E-state index contributed by atoms with van der Waals surface area (Å²) >= 11 is 0. The van der Waals surface area contributed by atoms with Gasteiger partial charge in [0.15, 0.2) is 0 Å². The van der Waals surface area contributed by atoms with Gasteiger partial charge in [-0.1, -0.05) is 0 Å². The van der Waals surface area contributed by atoms with Crippen LogP contribution >= 0.6 is 0 Å². The van der Waals surface area contributed by atoms with Gasteiger partial charge in [0, 0.05) is 13.2 Å². The third-order valence-corrected chi connectivity index (χ3v) is 6.88. The van der Waals surface area contributed by atoms with Crippen LogP contribution in [-0.4, -0.2) is 59.9 Å². The fraction of sp³-hybridized carbons (Fsp3) is 1.00. The number of methoxy groups -OCH3 is 1. The van der Waals surface area contributed by atoms with Crippen LogP contribution in [0.4, 0.5) is 0 Å². The molecule has 3 N–H and O–H groups in total. The predicted octanol–water partition coefficient (Wildman–Crippen LogP) is -1.15. The van der Waals surface area contributed by atoms with Crippen molar-refractivity contribution in [3.63, 3.8) is 0 Å². The zero-order chi connectivity index (χ0) is 14.5. The first kappa shape index (κ1) is 16.8. The molecule has 9 heteroatoms. The van der Waals surface area contributed by atoms with E-state index in [-0.39, 0.29) is 37.0 Å². The molecule has 0 aromatic rings. The van der Waals surface area contributed by atoms with E-state index in [1.807, 2.05) is 0 Å². The Morgan fingerprint density at radius 2 is 1.95 bits per heavy atom. The molecule has 0 aromatic carbocycles. The number of rotatable bonds is 7. The van der Waals surface area contributed by atoms with Gasteiger partial charge < -0.3 is 10.5 Å². The standard InChI is InChI=1S/C10H22N2O5S2/c1-17-8-9(2-5-11)12-19(15,16)10-3-6-18(13,14)7-4-10/h9-10,12H,2-8,11H2,1H3. The Bertz CT molecular complexity index is 454. The minimum absolute atomic E-state index is 0.0651. The summed E-state index contributed by atoms with van der Waals surface area (Å²) in [6.45, 7) is 0.608. The fourth-order valence-electron chi connectivity index (χ4n) is 2.09. The van der Waals surface area contributed by atoms with E-state index in [4.69, 9.17) is 10.5 Å². The van der Waals surface area contributed by atoms with E-state index in [1.54, 1.807) is 0 Å². The molecule has 1 saturated heterocycles. The molecule has 114 valence electrons. The lowest BCUT2D eigenvalue weighted by molar-refractivity contribution is 0.172. The Hall–Kier alpha value is -0.220. The van der Waals surface area contributed by atoms with Crippen LogP contribution < -0.4 is 10.5 Å². The maximum absolute atomic E-state index is 12.2. The fourth-order valence-corrected chi connectivity index (χ4v) is 5.57. The highest BCUT2D eigenvalue weighted by Gasteiger charge is 2.33. The van der Waals surface area contributed by atoms with Crippen molar-refractivity contribution >= 4 is 19.9 Å². The van der Waals surface area contributed by atoms with Crippen LogP contribution in [0.3, 0.4) is 0 Å². The highest BCUT2D eigenvalue weighted by molar-refractivity contribution is 7.92. The molecule has 1 unspecified atom stereocenters. The number of hydrogen-bond acceptors (Lipinski definition) is 6. The lowest BCUT2D eigenvalue weighted by atomic mass is 10.2. The number of nitrogens with two attached hydrogens (primary N) is 1. The molecule has 0 spiro atoms. The van der Waals surface area contributed by atoms with E-state index < -0.39 is 25.1 Å².